The first kappa shape index (κ1) is 14.8. The zero-order valence-electron chi connectivity index (χ0n) is 12.8. The van der Waals surface area contributed by atoms with Gasteiger partial charge >= 0.3 is 0 Å². The van der Waals surface area contributed by atoms with Crippen molar-refractivity contribution < 1.29 is 4.74 Å². The van der Waals surface area contributed by atoms with Crippen LogP contribution in [-0.2, 0) is 11.2 Å². The van der Waals surface area contributed by atoms with Crippen LogP contribution in [0, 0.1) is 5.41 Å². The van der Waals surface area contributed by atoms with Crippen LogP contribution in [0.15, 0.2) is 18.3 Å². The first-order valence-corrected chi connectivity index (χ1v) is 8.12. The highest BCUT2D eigenvalue weighted by Crippen LogP contribution is 2.52. The maximum atomic E-state index is 5.95. The van der Waals surface area contributed by atoms with Crippen LogP contribution in [0.2, 0.25) is 0 Å². The van der Waals surface area contributed by atoms with Crippen LogP contribution < -0.4 is 0 Å². The van der Waals surface area contributed by atoms with Crippen molar-refractivity contribution in [3.8, 4) is 0 Å². The van der Waals surface area contributed by atoms with Crippen molar-refractivity contribution >= 4 is 22.8 Å². The molecule has 1 aliphatic rings. The van der Waals surface area contributed by atoms with E-state index in [2.05, 4.69) is 30.3 Å². The Labute approximate surface area is 130 Å². The molecule has 4 nitrogen and oxygen atoms in total. The summed E-state index contributed by atoms with van der Waals surface area (Å²) in [5.41, 5.74) is 2.00. The molecule has 2 aromatic heterocycles. The average Bonchev–Trinajstić information content (AvgIpc) is 2.81. The minimum Gasteiger partial charge on any atom is -0.378 e. The number of halogens is 1. The quantitative estimate of drug-likeness (QED) is 0.793. The summed E-state index contributed by atoms with van der Waals surface area (Å²) in [4.78, 5) is 9.26. The lowest BCUT2D eigenvalue weighted by Crippen LogP contribution is -2.51. The Balaban J connectivity index is 2.02. The predicted molar refractivity (Wildman–Crippen MR) is 84.8 cm³/mol. The van der Waals surface area contributed by atoms with Crippen LogP contribution in [0.25, 0.3) is 11.2 Å². The van der Waals surface area contributed by atoms with Crippen LogP contribution in [0.1, 0.15) is 39.1 Å². The van der Waals surface area contributed by atoms with Gasteiger partial charge in [0.1, 0.15) is 11.3 Å². The Hall–Kier alpha value is -1.13. The van der Waals surface area contributed by atoms with Gasteiger partial charge in [0.2, 0.25) is 0 Å². The van der Waals surface area contributed by atoms with Gasteiger partial charge in [-0.25, -0.2) is 9.97 Å². The topological polar surface area (TPSA) is 39.9 Å². The van der Waals surface area contributed by atoms with E-state index in [4.69, 9.17) is 21.3 Å². The molecule has 2 atom stereocenters. The molecule has 2 heterocycles. The lowest BCUT2D eigenvalue weighted by atomic mass is 9.64. The number of alkyl halides is 1. The van der Waals surface area contributed by atoms with Crippen LogP contribution >= 0.6 is 11.6 Å². The fourth-order valence-electron chi connectivity index (χ4n) is 3.35. The molecule has 0 spiro atoms. The molecule has 1 aliphatic carbocycles. The molecule has 0 bridgehead atoms. The Bertz CT molecular complexity index is 637. The SMILES string of the molecule is CCOC1CC(n2c(CCCl)nc3cccnc32)C1(C)C. The zero-order chi connectivity index (χ0) is 15.0. The molecule has 114 valence electrons. The largest absolute Gasteiger partial charge is 0.378 e. The van der Waals surface area contributed by atoms with E-state index in [1.807, 2.05) is 18.3 Å². The smallest absolute Gasteiger partial charge is 0.160 e. The summed E-state index contributed by atoms with van der Waals surface area (Å²) >= 11 is 5.95. The Morgan fingerprint density at radius 1 is 1.48 bits per heavy atom. The lowest BCUT2D eigenvalue weighted by Gasteiger charge is -2.52. The average molecular weight is 308 g/mol. The third-order valence-corrected chi connectivity index (χ3v) is 4.83. The first-order valence-electron chi connectivity index (χ1n) is 7.59. The molecule has 0 aromatic carbocycles. The maximum Gasteiger partial charge on any atom is 0.160 e. The first-order chi connectivity index (χ1) is 10.1. The van der Waals surface area contributed by atoms with Crippen LogP contribution in [0.5, 0.6) is 0 Å². The van der Waals surface area contributed by atoms with Crippen molar-refractivity contribution in [1.82, 2.24) is 14.5 Å². The van der Waals surface area contributed by atoms with E-state index >= 15 is 0 Å². The number of ether oxygens (including phenoxy) is 1. The molecule has 2 unspecified atom stereocenters. The van der Waals surface area contributed by atoms with Crippen LogP contribution in [-0.4, -0.2) is 33.1 Å². The van der Waals surface area contributed by atoms with E-state index in [1.165, 1.54) is 0 Å². The van der Waals surface area contributed by atoms with Gasteiger partial charge in [-0.2, -0.15) is 0 Å². The molecule has 5 heteroatoms. The van der Waals surface area contributed by atoms with Gasteiger partial charge in [-0.1, -0.05) is 13.8 Å². The molecule has 0 saturated heterocycles. The highest BCUT2D eigenvalue weighted by molar-refractivity contribution is 6.17. The third-order valence-electron chi connectivity index (χ3n) is 4.65. The van der Waals surface area contributed by atoms with E-state index < -0.39 is 0 Å². The number of hydrogen-bond donors (Lipinski definition) is 0. The summed E-state index contributed by atoms with van der Waals surface area (Å²) in [7, 11) is 0. The number of imidazole rings is 1. The van der Waals surface area contributed by atoms with Crippen molar-refractivity contribution in [2.75, 3.05) is 12.5 Å². The predicted octanol–water partition coefficient (Wildman–Crippen LogP) is 3.59. The Morgan fingerprint density at radius 3 is 2.95 bits per heavy atom. The summed E-state index contributed by atoms with van der Waals surface area (Å²) in [5, 5.41) is 0. The van der Waals surface area contributed by atoms with Crippen molar-refractivity contribution in [2.45, 2.75) is 45.8 Å². The van der Waals surface area contributed by atoms with Crippen molar-refractivity contribution in [3.63, 3.8) is 0 Å². The van der Waals surface area contributed by atoms with Crippen LogP contribution in [0.3, 0.4) is 0 Å². The molecular formula is C16H22ClN3O. The monoisotopic (exact) mass is 307 g/mol. The number of rotatable bonds is 5. The Kier molecular flexibility index (Phi) is 3.93. The van der Waals surface area contributed by atoms with Gasteiger partial charge in [-0.05, 0) is 25.5 Å². The normalized spacial score (nSPS) is 24.2. The van der Waals surface area contributed by atoms with E-state index in [0.717, 1.165) is 36.4 Å². The summed E-state index contributed by atoms with van der Waals surface area (Å²) < 4.78 is 8.14. The Morgan fingerprint density at radius 2 is 2.29 bits per heavy atom. The molecule has 3 rings (SSSR count). The molecule has 21 heavy (non-hydrogen) atoms. The molecule has 0 aliphatic heterocycles. The molecule has 0 N–H and O–H groups in total. The molecule has 2 aromatic rings. The second-order valence-electron chi connectivity index (χ2n) is 6.20. The number of pyridine rings is 1. The van der Waals surface area contributed by atoms with E-state index in [9.17, 15) is 0 Å². The second-order valence-corrected chi connectivity index (χ2v) is 6.58. The number of aryl methyl sites for hydroxylation is 1. The maximum absolute atomic E-state index is 5.95. The number of aromatic nitrogens is 3. The van der Waals surface area contributed by atoms with Crippen molar-refractivity contribution in [1.29, 1.82) is 0 Å². The number of fused-ring (bicyclic) bond motifs is 1. The summed E-state index contributed by atoms with van der Waals surface area (Å²) in [5.74, 6) is 1.61. The lowest BCUT2D eigenvalue weighted by molar-refractivity contribution is -0.127. The van der Waals surface area contributed by atoms with Gasteiger partial charge in [0.15, 0.2) is 5.65 Å². The molecular weight excluding hydrogens is 286 g/mol. The minimum atomic E-state index is 0.0855. The molecule has 1 saturated carbocycles. The van der Waals surface area contributed by atoms with E-state index in [0.29, 0.717) is 18.0 Å². The van der Waals surface area contributed by atoms with Gasteiger partial charge in [0, 0.05) is 36.6 Å². The van der Waals surface area contributed by atoms with Gasteiger partial charge in [0.05, 0.1) is 6.10 Å². The summed E-state index contributed by atoms with van der Waals surface area (Å²) in [6.45, 7) is 7.34. The third kappa shape index (κ3) is 2.34. The highest BCUT2D eigenvalue weighted by Gasteiger charge is 2.51. The van der Waals surface area contributed by atoms with Gasteiger partial charge in [-0.15, -0.1) is 11.6 Å². The second kappa shape index (κ2) is 5.58. The molecule has 0 radical (unpaired) electrons. The van der Waals surface area contributed by atoms with Crippen molar-refractivity contribution in [2.24, 2.45) is 5.41 Å². The van der Waals surface area contributed by atoms with Crippen molar-refractivity contribution in [3.05, 3.63) is 24.2 Å². The molecule has 1 fully saturated rings. The standard InChI is InChI=1S/C16H22ClN3O/c1-4-21-13-10-12(16(13,2)3)20-14(7-8-17)19-11-6-5-9-18-15(11)20/h5-6,9,12-13H,4,7-8,10H2,1-3H3. The van der Waals surface area contributed by atoms with E-state index in [1.54, 1.807) is 0 Å². The number of nitrogens with zero attached hydrogens (tertiary/aromatic N) is 3. The van der Waals surface area contributed by atoms with E-state index in [-0.39, 0.29) is 5.41 Å². The number of hydrogen-bond acceptors (Lipinski definition) is 3. The van der Waals surface area contributed by atoms with Gasteiger partial charge < -0.3 is 9.30 Å². The van der Waals surface area contributed by atoms with Gasteiger partial charge in [-0.3, -0.25) is 0 Å². The fourth-order valence-corrected chi connectivity index (χ4v) is 3.52. The minimum absolute atomic E-state index is 0.0855. The van der Waals surface area contributed by atoms with Gasteiger partial charge in [0.25, 0.3) is 0 Å². The summed E-state index contributed by atoms with van der Waals surface area (Å²) in [6.07, 6.45) is 3.91. The van der Waals surface area contributed by atoms with Crippen LogP contribution in [0.4, 0.5) is 0 Å². The fraction of sp³-hybridized carbons (Fsp3) is 0.625. The zero-order valence-corrected chi connectivity index (χ0v) is 13.6. The summed E-state index contributed by atoms with van der Waals surface area (Å²) in [6, 6.07) is 4.31. The molecule has 0 amide bonds. The highest BCUT2D eigenvalue weighted by atomic mass is 35.5.